The summed E-state index contributed by atoms with van der Waals surface area (Å²) in [7, 11) is 0. The lowest BCUT2D eigenvalue weighted by Gasteiger charge is -2.35. The quantitative estimate of drug-likeness (QED) is 0.504. The lowest BCUT2D eigenvalue weighted by atomic mass is 9.91. The Balaban J connectivity index is 1.42. The fourth-order valence-corrected chi connectivity index (χ4v) is 3.64. The molecule has 1 aliphatic heterocycles. The second-order valence-electron chi connectivity index (χ2n) is 9.14. The number of benzene rings is 1. The van der Waals surface area contributed by atoms with Crippen LogP contribution in [0.25, 0.3) is 17.2 Å². The molecule has 0 radical (unpaired) electrons. The van der Waals surface area contributed by atoms with E-state index < -0.39 is 11.7 Å². The van der Waals surface area contributed by atoms with E-state index in [9.17, 15) is 9.18 Å². The molecule has 1 amide bonds. The average molecular weight is 482 g/mol. The van der Waals surface area contributed by atoms with Crippen molar-refractivity contribution in [2.45, 2.75) is 45.4 Å². The van der Waals surface area contributed by atoms with E-state index in [2.05, 4.69) is 37.6 Å². The summed E-state index contributed by atoms with van der Waals surface area (Å²) >= 11 is 0. The minimum Gasteiger partial charge on any atom is -0.354 e. The SMILES string of the molecule is CCCNc1nccc(-c2nc(C3OCC(C)(C(=O)NC4CC4)CO3)nn2-c2ccc(F)cc2)n1. The van der Waals surface area contributed by atoms with Gasteiger partial charge in [-0.05, 0) is 56.5 Å². The van der Waals surface area contributed by atoms with Crippen LogP contribution in [0.3, 0.4) is 0 Å². The van der Waals surface area contributed by atoms with Crippen molar-refractivity contribution in [3.8, 4) is 17.2 Å². The predicted octanol–water partition coefficient (Wildman–Crippen LogP) is 3.02. The molecule has 11 heteroatoms. The molecule has 35 heavy (non-hydrogen) atoms. The van der Waals surface area contributed by atoms with Crippen LogP contribution < -0.4 is 10.6 Å². The summed E-state index contributed by atoms with van der Waals surface area (Å²) in [5, 5.41) is 10.8. The molecule has 1 saturated heterocycles. The van der Waals surface area contributed by atoms with Crippen LogP contribution in [0.4, 0.5) is 10.3 Å². The van der Waals surface area contributed by atoms with Crippen LogP contribution in [0, 0.1) is 11.2 Å². The van der Waals surface area contributed by atoms with Crippen molar-refractivity contribution in [3.63, 3.8) is 0 Å². The number of carbonyl (C=O) groups excluding carboxylic acids is 1. The highest BCUT2D eigenvalue weighted by Crippen LogP contribution is 2.33. The van der Waals surface area contributed by atoms with Crippen LogP contribution in [0.2, 0.25) is 0 Å². The normalized spacial score (nSPS) is 22.1. The maximum absolute atomic E-state index is 13.6. The molecule has 2 aliphatic rings. The van der Waals surface area contributed by atoms with Gasteiger partial charge in [-0.1, -0.05) is 6.92 Å². The van der Waals surface area contributed by atoms with E-state index in [0.717, 1.165) is 25.8 Å². The third kappa shape index (κ3) is 5.15. The van der Waals surface area contributed by atoms with Gasteiger partial charge in [0.2, 0.25) is 24.0 Å². The number of aromatic nitrogens is 5. The number of rotatable bonds is 8. The topological polar surface area (TPSA) is 116 Å². The summed E-state index contributed by atoms with van der Waals surface area (Å²) in [5.41, 5.74) is 0.353. The molecule has 10 nitrogen and oxygen atoms in total. The maximum Gasteiger partial charge on any atom is 0.230 e. The van der Waals surface area contributed by atoms with E-state index in [1.165, 1.54) is 12.1 Å². The van der Waals surface area contributed by atoms with E-state index in [1.54, 1.807) is 29.1 Å². The number of anilines is 1. The van der Waals surface area contributed by atoms with E-state index in [4.69, 9.17) is 9.47 Å². The van der Waals surface area contributed by atoms with Crippen LogP contribution in [0.15, 0.2) is 36.5 Å². The van der Waals surface area contributed by atoms with Gasteiger partial charge in [-0.15, -0.1) is 5.10 Å². The van der Waals surface area contributed by atoms with Gasteiger partial charge >= 0.3 is 0 Å². The van der Waals surface area contributed by atoms with E-state index in [-0.39, 0.29) is 36.8 Å². The Morgan fingerprint density at radius 1 is 1.17 bits per heavy atom. The smallest absolute Gasteiger partial charge is 0.230 e. The molecule has 1 aliphatic carbocycles. The zero-order valence-corrected chi connectivity index (χ0v) is 19.7. The van der Waals surface area contributed by atoms with Crippen LogP contribution in [0.1, 0.15) is 45.2 Å². The lowest BCUT2D eigenvalue weighted by Crippen LogP contribution is -2.49. The summed E-state index contributed by atoms with van der Waals surface area (Å²) in [6.07, 6.45) is 3.74. The number of hydrogen-bond acceptors (Lipinski definition) is 8. The Labute approximate surface area is 202 Å². The Hall–Kier alpha value is -3.44. The molecule has 0 spiro atoms. The maximum atomic E-state index is 13.6. The molecule has 3 heterocycles. The first kappa shape index (κ1) is 23.3. The fourth-order valence-electron chi connectivity index (χ4n) is 3.64. The lowest BCUT2D eigenvalue weighted by molar-refractivity contribution is -0.231. The van der Waals surface area contributed by atoms with E-state index in [0.29, 0.717) is 23.2 Å². The molecule has 2 aromatic heterocycles. The zero-order valence-electron chi connectivity index (χ0n) is 19.7. The number of amides is 1. The van der Waals surface area contributed by atoms with Crippen molar-refractivity contribution in [1.82, 2.24) is 30.0 Å². The van der Waals surface area contributed by atoms with Gasteiger partial charge in [-0.25, -0.2) is 24.0 Å². The van der Waals surface area contributed by atoms with E-state index in [1.807, 2.05) is 6.92 Å². The second-order valence-corrected chi connectivity index (χ2v) is 9.14. The summed E-state index contributed by atoms with van der Waals surface area (Å²) in [6, 6.07) is 7.91. The van der Waals surface area contributed by atoms with Gasteiger partial charge in [0.25, 0.3) is 0 Å². The van der Waals surface area contributed by atoms with Crippen molar-refractivity contribution in [2.75, 3.05) is 25.1 Å². The molecule has 5 rings (SSSR count). The first-order chi connectivity index (χ1) is 16.9. The monoisotopic (exact) mass is 481 g/mol. The standard InChI is InChI=1S/C24H28FN7O3/c1-3-11-26-23-27-12-10-18(29-23)20-30-19(31-32(20)17-8-4-15(25)5-9-17)21-34-13-24(2,14-35-21)22(33)28-16-6-7-16/h4-5,8-10,12,16,21H,3,6-7,11,13-14H2,1-2H3,(H,28,33)(H,26,27,29). The largest absolute Gasteiger partial charge is 0.354 e. The minimum atomic E-state index is -0.850. The molecule has 184 valence electrons. The number of halogens is 1. The molecule has 3 aromatic rings. The number of nitrogens with one attached hydrogen (secondary N) is 2. The summed E-state index contributed by atoms with van der Waals surface area (Å²) in [4.78, 5) is 26.1. The first-order valence-corrected chi connectivity index (χ1v) is 11.8. The summed E-state index contributed by atoms with van der Waals surface area (Å²) < 4.78 is 27.0. The van der Waals surface area contributed by atoms with Crippen molar-refractivity contribution in [1.29, 1.82) is 0 Å². The van der Waals surface area contributed by atoms with Crippen LogP contribution >= 0.6 is 0 Å². The van der Waals surface area contributed by atoms with Gasteiger partial charge in [0, 0.05) is 18.8 Å². The number of hydrogen-bond donors (Lipinski definition) is 2. The average Bonchev–Trinajstić information content (AvgIpc) is 3.58. The predicted molar refractivity (Wildman–Crippen MR) is 125 cm³/mol. The Morgan fingerprint density at radius 3 is 2.60 bits per heavy atom. The Morgan fingerprint density at radius 2 is 1.91 bits per heavy atom. The van der Waals surface area contributed by atoms with Crippen LogP contribution in [0.5, 0.6) is 0 Å². The van der Waals surface area contributed by atoms with Gasteiger partial charge in [-0.3, -0.25) is 4.79 Å². The number of nitrogens with zero attached hydrogens (tertiary/aromatic N) is 5. The third-order valence-corrected chi connectivity index (χ3v) is 5.89. The Bertz CT molecular complexity index is 1190. The molecular formula is C24H28FN7O3. The van der Waals surface area contributed by atoms with Crippen molar-refractivity contribution in [2.24, 2.45) is 5.41 Å². The minimum absolute atomic E-state index is 0.0722. The summed E-state index contributed by atoms with van der Waals surface area (Å²) in [6.45, 7) is 4.96. The summed E-state index contributed by atoms with van der Waals surface area (Å²) in [5.74, 6) is 0.766. The molecule has 0 unspecified atom stereocenters. The highest BCUT2D eigenvalue weighted by atomic mass is 19.1. The molecule has 1 aromatic carbocycles. The molecular weight excluding hydrogens is 453 g/mol. The van der Waals surface area contributed by atoms with Gasteiger partial charge < -0.3 is 20.1 Å². The molecule has 1 saturated carbocycles. The fraction of sp³-hybridized carbons (Fsp3) is 0.458. The molecule has 2 fully saturated rings. The molecule has 0 bridgehead atoms. The van der Waals surface area contributed by atoms with Gasteiger partial charge in [-0.2, -0.15) is 0 Å². The Kier molecular flexibility index (Phi) is 6.44. The highest BCUT2D eigenvalue weighted by molar-refractivity contribution is 5.83. The zero-order chi connectivity index (χ0) is 24.4. The second kappa shape index (κ2) is 9.67. The third-order valence-electron chi connectivity index (χ3n) is 5.89. The van der Waals surface area contributed by atoms with Crippen molar-refractivity contribution in [3.05, 3.63) is 48.2 Å². The molecule has 2 N–H and O–H groups in total. The van der Waals surface area contributed by atoms with Crippen LogP contribution in [-0.2, 0) is 14.3 Å². The van der Waals surface area contributed by atoms with Crippen molar-refractivity contribution < 1.29 is 18.7 Å². The van der Waals surface area contributed by atoms with Gasteiger partial charge in [0.05, 0.1) is 24.3 Å². The number of carbonyl (C=O) groups is 1. The van der Waals surface area contributed by atoms with E-state index >= 15 is 0 Å². The van der Waals surface area contributed by atoms with Gasteiger partial charge in [0.1, 0.15) is 11.5 Å². The first-order valence-electron chi connectivity index (χ1n) is 11.8. The highest BCUT2D eigenvalue weighted by Gasteiger charge is 2.42. The van der Waals surface area contributed by atoms with Crippen LogP contribution in [-0.4, -0.2) is 56.4 Å². The van der Waals surface area contributed by atoms with Gasteiger partial charge in [0.15, 0.2) is 5.82 Å². The molecule has 0 atom stereocenters. The number of ether oxygens (including phenoxy) is 2. The van der Waals surface area contributed by atoms with Crippen molar-refractivity contribution >= 4 is 11.9 Å².